The summed E-state index contributed by atoms with van der Waals surface area (Å²) in [6.07, 6.45) is 0. The van der Waals surface area contributed by atoms with Gasteiger partial charge in [-0.2, -0.15) is 0 Å². The first-order valence-electron chi connectivity index (χ1n) is 12.4. The van der Waals surface area contributed by atoms with Gasteiger partial charge in [-0.3, -0.25) is 4.79 Å². The number of rotatable bonds is 6. The second-order valence-electron chi connectivity index (χ2n) is 10.0. The Morgan fingerprint density at radius 2 is 0.784 bits per heavy atom. The molecule has 0 aromatic heterocycles. The first kappa shape index (κ1) is 27.7. The summed E-state index contributed by atoms with van der Waals surface area (Å²) in [5.74, 6) is 0.0313. The van der Waals surface area contributed by atoms with Gasteiger partial charge >= 0.3 is 0 Å². The molecule has 3 nitrogen and oxygen atoms in total. The van der Waals surface area contributed by atoms with Gasteiger partial charge in [0.15, 0.2) is 5.78 Å². The maximum atomic E-state index is 13.2. The fraction of sp³-hybridized carbons (Fsp3) is 0.265. The van der Waals surface area contributed by atoms with Gasteiger partial charge in [-0.05, 0) is 112 Å². The first-order chi connectivity index (χ1) is 17.1. The molecule has 0 N–H and O–H groups in total. The van der Waals surface area contributed by atoms with Gasteiger partial charge in [0.2, 0.25) is 0 Å². The zero-order valence-corrected chi connectivity index (χ0v) is 22.7. The highest BCUT2D eigenvalue weighted by atomic mass is 16.1. The van der Waals surface area contributed by atoms with Crippen LogP contribution in [-0.4, -0.2) is 19.9 Å². The molecule has 3 heteroatoms. The van der Waals surface area contributed by atoms with Crippen LogP contribution in [0.3, 0.4) is 0 Å². The monoisotopic (exact) mass is 492 g/mol. The molecule has 4 rings (SSSR count). The third-order valence-electron chi connectivity index (χ3n) is 6.98. The lowest BCUT2D eigenvalue weighted by Crippen LogP contribution is -2.13. The van der Waals surface area contributed by atoms with Crippen molar-refractivity contribution in [2.45, 2.75) is 49.0 Å². The maximum absolute atomic E-state index is 13.2. The molecule has 0 fully saturated rings. The van der Waals surface area contributed by atoms with E-state index in [2.05, 4.69) is 89.7 Å². The molecule has 0 atom stereocenters. The average molecular weight is 493 g/mol. The molecule has 0 amide bonds. The van der Waals surface area contributed by atoms with Crippen LogP contribution in [0, 0.1) is 41.5 Å². The third-order valence-corrected chi connectivity index (χ3v) is 6.98. The van der Waals surface area contributed by atoms with Gasteiger partial charge in [0.05, 0.1) is 0 Å². The predicted octanol–water partition coefficient (Wildman–Crippen LogP) is 8.94. The summed E-state index contributed by atoms with van der Waals surface area (Å²) in [7, 11) is 4.16. The van der Waals surface area contributed by atoms with Crippen molar-refractivity contribution in [3.8, 4) is 0 Å². The van der Waals surface area contributed by atoms with Crippen LogP contribution < -0.4 is 9.80 Å². The lowest BCUT2D eigenvalue weighted by Gasteiger charge is -2.25. The number of benzene rings is 4. The van der Waals surface area contributed by atoms with E-state index in [9.17, 15) is 4.79 Å². The number of carbonyl (C=O) groups is 1. The Morgan fingerprint density at radius 3 is 1.05 bits per heavy atom. The van der Waals surface area contributed by atoms with Gasteiger partial charge < -0.3 is 9.80 Å². The molecule has 4 aromatic carbocycles. The molecule has 0 spiro atoms. The largest absolute Gasteiger partial charge is 0.344 e. The van der Waals surface area contributed by atoms with Crippen molar-refractivity contribution in [2.75, 3.05) is 23.9 Å². The lowest BCUT2D eigenvalue weighted by atomic mass is 10.0. The van der Waals surface area contributed by atoms with Gasteiger partial charge in [0.25, 0.3) is 0 Å². The number of hydrogen-bond donors (Lipinski definition) is 0. The third kappa shape index (κ3) is 5.61. The van der Waals surface area contributed by atoms with E-state index in [4.69, 9.17) is 0 Å². The highest BCUT2D eigenvalue weighted by Gasteiger charge is 2.15. The molecule has 0 heterocycles. The fourth-order valence-electron chi connectivity index (χ4n) is 5.50. The number of anilines is 4. The molecular formula is C34H40N2O. The van der Waals surface area contributed by atoms with E-state index in [1.54, 1.807) is 0 Å². The van der Waals surface area contributed by atoms with E-state index in [1.807, 2.05) is 48.5 Å². The van der Waals surface area contributed by atoms with Crippen molar-refractivity contribution < 1.29 is 4.79 Å². The Kier molecular flexibility index (Phi) is 8.28. The summed E-state index contributed by atoms with van der Waals surface area (Å²) >= 11 is 0. The summed E-state index contributed by atoms with van der Waals surface area (Å²) in [5.41, 5.74) is 13.4. The normalized spacial score (nSPS) is 10.6. The number of hydrogen-bond acceptors (Lipinski definition) is 3. The van der Waals surface area contributed by atoms with Crippen molar-refractivity contribution in [1.82, 2.24) is 0 Å². The number of aryl methyl sites for hydroxylation is 6. The van der Waals surface area contributed by atoms with Crippen molar-refractivity contribution in [3.63, 3.8) is 0 Å². The zero-order chi connectivity index (χ0) is 26.1. The molecule has 0 radical (unpaired) electrons. The van der Waals surface area contributed by atoms with Crippen molar-refractivity contribution >= 4 is 28.5 Å². The Labute approximate surface area is 223 Å². The minimum Gasteiger partial charge on any atom is -0.344 e. The Hall–Kier alpha value is -3.85. The van der Waals surface area contributed by atoms with Crippen LogP contribution in [0.15, 0.2) is 72.8 Å². The Balaban J connectivity index is 0.00000380. The average Bonchev–Trinajstić information content (AvgIpc) is 2.82. The molecule has 0 bridgehead atoms. The molecule has 0 saturated heterocycles. The quantitative estimate of drug-likeness (QED) is 0.251. The van der Waals surface area contributed by atoms with Gasteiger partial charge in [0, 0.05) is 48.0 Å². The van der Waals surface area contributed by atoms with E-state index in [1.165, 1.54) is 44.8 Å². The van der Waals surface area contributed by atoms with Crippen LogP contribution in [0.25, 0.3) is 0 Å². The maximum Gasteiger partial charge on any atom is 0.193 e. The second kappa shape index (κ2) is 11.0. The van der Waals surface area contributed by atoms with Crippen LogP contribution in [-0.2, 0) is 0 Å². The Morgan fingerprint density at radius 1 is 0.514 bits per heavy atom. The Bertz CT molecular complexity index is 1260. The number of ketones is 1. The minimum atomic E-state index is 0. The molecule has 37 heavy (non-hydrogen) atoms. The highest BCUT2D eigenvalue weighted by molar-refractivity contribution is 6.09. The van der Waals surface area contributed by atoms with Crippen LogP contribution in [0.2, 0.25) is 0 Å². The van der Waals surface area contributed by atoms with Gasteiger partial charge in [-0.1, -0.05) is 42.8 Å². The molecule has 192 valence electrons. The van der Waals surface area contributed by atoms with E-state index < -0.39 is 0 Å². The predicted molar refractivity (Wildman–Crippen MR) is 160 cm³/mol. The van der Waals surface area contributed by atoms with Crippen LogP contribution in [0.5, 0.6) is 0 Å². The zero-order valence-electron chi connectivity index (χ0n) is 22.7. The standard InChI is InChI=1S/C33H36N2O.CH4/c1-21-17-23(3)31(24(4)18-21)34(7)29-13-9-27(10-14-29)33(36)28-11-15-30(16-12-28)35(8)32-25(5)19-22(2)20-26(32)6;/h9-20H,1-8H3;1H4. The van der Waals surface area contributed by atoms with E-state index in [0.717, 1.165) is 11.4 Å². The smallest absolute Gasteiger partial charge is 0.193 e. The molecule has 0 aliphatic rings. The van der Waals surface area contributed by atoms with Crippen molar-refractivity contribution in [2.24, 2.45) is 0 Å². The first-order valence-corrected chi connectivity index (χ1v) is 12.4. The van der Waals surface area contributed by atoms with Crippen LogP contribution >= 0.6 is 0 Å². The van der Waals surface area contributed by atoms with Gasteiger partial charge in [-0.15, -0.1) is 0 Å². The molecular weight excluding hydrogens is 452 g/mol. The molecule has 0 unspecified atom stereocenters. The van der Waals surface area contributed by atoms with E-state index in [-0.39, 0.29) is 13.2 Å². The molecule has 0 saturated carbocycles. The summed E-state index contributed by atoms with van der Waals surface area (Å²) in [6, 6.07) is 24.6. The molecule has 4 aromatic rings. The van der Waals surface area contributed by atoms with Gasteiger partial charge in [-0.25, -0.2) is 0 Å². The van der Waals surface area contributed by atoms with Crippen molar-refractivity contribution in [1.29, 1.82) is 0 Å². The summed E-state index contributed by atoms with van der Waals surface area (Å²) in [6.45, 7) is 12.8. The molecule has 0 aliphatic carbocycles. The number of nitrogens with zero attached hydrogens (tertiary/aromatic N) is 2. The van der Waals surface area contributed by atoms with Crippen LogP contribution in [0.4, 0.5) is 22.7 Å². The summed E-state index contributed by atoms with van der Waals surface area (Å²) in [4.78, 5) is 17.6. The van der Waals surface area contributed by atoms with Crippen LogP contribution in [0.1, 0.15) is 56.7 Å². The number of carbonyl (C=O) groups excluding carboxylic acids is 1. The molecule has 0 aliphatic heterocycles. The van der Waals surface area contributed by atoms with E-state index in [0.29, 0.717) is 11.1 Å². The summed E-state index contributed by atoms with van der Waals surface area (Å²) in [5, 5.41) is 0. The summed E-state index contributed by atoms with van der Waals surface area (Å²) < 4.78 is 0. The van der Waals surface area contributed by atoms with E-state index >= 15 is 0 Å². The fourth-order valence-corrected chi connectivity index (χ4v) is 5.50. The topological polar surface area (TPSA) is 23.6 Å². The second-order valence-corrected chi connectivity index (χ2v) is 10.0. The highest BCUT2D eigenvalue weighted by Crippen LogP contribution is 2.33. The van der Waals surface area contributed by atoms with Crippen molar-refractivity contribution in [3.05, 3.63) is 117 Å². The minimum absolute atomic E-state index is 0. The lowest BCUT2D eigenvalue weighted by molar-refractivity contribution is 0.103. The SMILES string of the molecule is C.Cc1cc(C)c(N(C)c2ccc(C(=O)c3ccc(N(C)c4c(C)cc(C)cc4C)cc3)cc2)c(C)c1. The van der Waals surface area contributed by atoms with Gasteiger partial charge in [0.1, 0.15) is 0 Å².